The number of amides is 1. The van der Waals surface area contributed by atoms with Crippen molar-refractivity contribution in [1.29, 1.82) is 0 Å². The predicted molar refractivity (Wildman–Crippen MR) is 122 cm³/mol. The first-order chi connectivity index (χ1) is 15.8. The number of non-ortho nitro benzene ring substituents is 1. The molecule has 3 aromatic carbocycles. The molecule has 11 heteroatoms. The Morgan fingerprint density at radius 1 is 0.939 bits per heavy atom. The number of hydrogen-bond acceptors (Lipinski definition) is 8. The van der Waals surface area contributed by atoms with Crippen molar-refractivity contribution in [3.05, 3.63) is 101 Å². The van der Waals surface area contributed by atoms with E-state index in [-0.39, 0.29) is 19.9 Å². The number of rotatable bonds is 7. The highest BCUT2D eigenvalue weighted by Crippen LogP contribution is 2.30. The van der Waals surface area contributed by atoms with Crippen LogP contribution in [0.5, 0.6) is 11.5 Å². The maximum Gasteiger partial charge on any atom is 0.269 e. The van der Waals surface area contributed by atoms with Crippen LogP contribution in [0.1, 0.15) is 10.4 Å². The molecular formula is C22H15N3O6S2. The van der Waals surface area contributed by atoms with Gasteiger partial charge in [-0.3, -0.25) is 20.2 Å². The van der Waals surface area contributed by atoms with E-state index in [1.165, 1.54) is 0 Å². The number of nitrogens with one attached hydrogen (secondary N) is 1. The minimum Gasteiger partial charge on any atom is -0.457 e. The number of thiazole rings is 1. The first kappa shape index (κ1) is 22.1. The average Bonchev–Trinajstić information content (AvgIpc) is 3.29. The van der Waals surface area contributed by atoms with Crippen molar-refractivity contribution in [2.45, 2.75) is 9.10 Å². The smallest absolute Gasteiger partial charge is 0.269 e. The molecule has 1 heterocycles. The van der Waals surface area contributed by atoms with E-state index < -0.39 is 20.7 Å². The lowest BCUT2D eigenvalue weighted by atomic mass is 10.2. The van der Waals surface area contributed by atoms with Crippen molar-refractivity contribution >= 4 is 37.9 Å². The summed E-state index contributed by atoms with van der Waals surface area (Å²) in [6.45, 7) is 0. The molecule has 166 valence electrons. The minimum atomic E-state index is -3.93. The standard InChI is InChI=1S/C22H15N3O6S2/c26-21(15-6-10-18(11-7-15)31-17-4-2-1-3-5-17)24-22-23-14-20(32-22)33(29,30)19-12-8-16(9-13-19)25(27)28/h1-14H,(H,23,24,26). The second-order valence-corrected chi connectivity index (χ2v) is 9.84. The molecule has 4 aromatic rings. The van der Waals surface area contributed by atoms with Crippen LogP contribution in [0.4, 0.5) is 10.8 Å². The van der Waals surface area contributed by atoms with Gasteiger partial charge in [0.1, 0.15) is 15.7 Å². The number of nitro benzene ring substituents is 1. The van der Waals surface area contributed by atoms with Crippen molar-refractivity contribution in [3.63, 3.8) is 0 Å². The monoisotopic (exact) mass is 481 g/mol. The number of nitro groups is 1. The Morgan fingerprint density at radius 2 is 1.58 bits per heavy atom. The molecule has 4 rings (SSSR count). The summed E-state index contributed by atoms with van der Waals surface area (Å²) in [6.07, 6.45) is 1.13. The van der Waals surface area contributed by atoms with Gasteiger partial charge in [-0.15, -0.1) is 0 Å². The van der Waals surface area contributed by atoms with E-state index in [1.807, 2.05) is 30.3 Å². The van der Waals surface area contributed by atoms with Crippen LogP contribution < -0.4 is 10.1 Å². The molecular weight excluding hydrogens is 466 g/mol. The van der Waals surface area contributed by atoms with E-state index >= 15 is 0 Å². The number of nitrogens with zero attached hydrogens (tertiary/aromatic N) is 2. The summed E-state index contributed by atoms with van der Waals surface area (Å²) < 4.78 is 31.1. The van der Waals surface area contributed by atoms with E-state index in [0.29, 0.717) is 17.1 Å². The van der Waals surface area contributed by atoms with E-state index in [2.05, 4.69) is 10.3 Å². The van der Waals surface area contributed by atoms with Gasteiger partial charge in [0.2, 0.25) is 9.84 Å². The van der Waals surface area contributed by atoms with E-state index in [9.17, 15) is 23.3 Å². The molecule has 1 aromatic heterocycles. The fraction of sp³-hybridized carbons (Fsp3) is 0. The summed E-state index contributed by atoms with van der Waals surface area (Å²) in [5, 5.41) is 13.4. The molecule has 33 heavy (non-hydrogen) atoms. The zero-order valence-electron chi connectivity index (χ0n) is 16.7. The van der Waals surface area contributed by atoms with Gasteiger partial charge in [0.15, 0.2) is 5.13 Å². The lowest BCUT2D eigenvalue weighted by molar-refractivity contribution is -0.384. The molecule has 1 amide bonds. The SMILES string of the molecule is O=C(Nc1ncc(S(=O)(=O)c2ccc([N+](=O)[O-])cc2)s1)c1ccc(Oc2ccccc2)cc1. The van der Waals surface area contributed by atoms with E-state index in [1.54, 1.807) is 24.3 Å². The molecule has 0 aliphatic carbocycles. The van der Waals surface area contributed by atoms with Crippen molar-refractivity contribution in [2.24, 2.45) is 0 Å². The van der Waals surface area contributed by atoms with Gasteiger partial charge in [-0.2, -0.15) is 0 Å². The van der Waals surface area contributed by atoms with Crippen molar-refractivity contribution < 1.29 is 22.9 Å². The van der Waals surface area contributed by atoms with E-state index in [4.69, 9.17) is 4.74 Å². The van der Waals surface area contributed by atoms with Crippen LogP contribution >= 0.6 is 11.3 Å². The number of sulfone groups is 1. The Kier molecular flexibility index (Phi) is 6.16. The third-order valence-electron chi connectivity index (χ3n) is 4.42. The maximum absolute atomic E-state index is 12.7. The molecule has 0 fully saturated rings. The number of carbonyl (C=O) groups is 1. The van der Waals surface area contributed by atoms with Gasteiger partial charge in [-0.25, -0.2) is 13.4 Å². The lowest BCUT2D eigenvalue weighted by Crippen LogP contribution is -2.11. The van der Waals surface area contributed by atoms with Crippen LogP contribution in [-0.2, 0) is 9.84 Å². The van der Waals surface area contributed by atoms with Crippen LogP contribution in [0.25, 0.3) is 0 Å². The van der Waals surface area contributed by atoms with Gasteiger partial charge in [-0.05, 0) is 48.5 Å². The van der Waals surface area contributed by atoms with Gasteiger partial charge < -0.3 is 4.74 Å². The molecule has 0 unspecified atom stereocenters. The Balaban J connectivity index is 1.44. The number of aromatic nitrogens is 1. The number of benzene rings is 3. The van der Waals surface area contributed by atoms with Gasteiger partial charge in [0, 0.05) is 17.7 Å². The zero-order chi connectivity index (χ0) is 23.4. The third kappa shape index (κ3) is 5.05. The molecule has 9 nitrogen and oxygen atoms in total. The largest absolute Gasteiger partial charge is 0.457 e. The number of ether oxygens (including phenoxy) is 1. The number of para-hydroxylation sites is 1. The minimum absolute atomic E-state index is 0.0988. The Bertz CT molecular complexity index is 1400. The average molecular weight is 482 g/mol. The van der Waals surface area contributed by atoms with Crippen LogP contribution in [0, 0.1) is 10.1 Å². The maximum atomic E-state index is 12.7. The zero-order valence-corrected chi connectivity index (χ0v) is 18.4. The molecule has 0 aliphatic heterocycles. The van der Waals surface area contributed by atoms with Gasteiger partial charge in [-0.1, -0.05) is 29.5 Å². The highest BCUT2D eigenvalue weighted by atomic mass is 32.2. The first-order valence-corrected chi connectivity index (χ1v) is 11.7. The fourth-order valence-electron chi connectivity index (χ4n) is 2.77. The van der Waals surface area contributed by atoms with E-state index in [0.717, 1.165) is 41.8 Å². The molecule has 1 N–H and O–H groups in total. The van der Waals surface area contributed by atoms with Crippen molar-refractivity contribution in [1.82, 2.24) is 4.98 Å². The molecule has 0 aliphatic rings. The highest BCUT2D eigenvalue weighted by Gasteiger charge is 2.22. The van der Waals surface area contributed by atoms with Gasteiger partial charge >= 0.3 is 0 Å². The first-order valence-electron chi connectivity index (χ1n) is 9.42. The van der Waals surface area contributed by atoms with Crippen LogP contribution in [0.3, 0.4) is 0 Å². The Labute approximate surface area is 192 Å². The second kappa shape index (κ2) is 9.18. The number of anilines is 1. The topological polar surface area (TPSA) is 128 Å². The van der Waals surface area contributed by atoms with Gasteiger partial charge in [0.05, 0.1) is 16.0 Å². The summed E-state index contributed by atoms with van der Waals surface area (Å²) in [5.41, 5.74) is 0.122. The third-order valence-corrected chi connectivity index (χ3v) is 7.57. The molecule has 0 radical (unpaired) electrons. The normalized spacial score (nSPS) is 11.0. The summed E-state index contributed by atoms with van der Waals surface area (Å²) >= 11 is 0.784. The van der Waals surface area contributed by atoms with Crippen molar-refractivity contribution in [3.8, 4) is 11.5 Å². The molecule has 0 spiro atoms. The van der Waals surface area contributed by atoms with Crippen LogP contribution in [0.15, 0.2) is 94.2 Å². The summed E-state index contributed by atoms with van der Waals surface area (Å²) in [5.74, 6) is 0.762. The second-order valence-electron chi connectivity index (χ2n) is 6.63. The fourth-order valence-corrected chi connectivity index (χ4v) is 5.20. The van der Waals surface area contributed by atoms with Crippen LogP contribution in [0.2, 0.25) is 0 Å². The predicted octanol–water partition coefficient (Wildman–Crippen LogP) is 4.93. The summed E-state index contributed by atoms with van der Waals surface area (Å²) in [7, 11) is -3.93. The number of carbonyl (C=O) groups excluding carboxylic acids is 1. The Morgan fingerprint density at radius 3 is 2.21 bits per heavy atom. The molecule has 0 saturated heterocycles. The Hall–Kier alpha value is -4.09. The molecule has 0 saturated carbocycles. The molecule has 0 bridgehead atoms. The lowest BCUT2D eigenvalue weighted by Gasteiger charge is -2.06. The van der Waals surface area contributed by atoms with Crippen molar-refractivity contribution in [2.75, 3.05) is 5.32 Å². The molecule has 0 atom stereocenters. The summed E-state index contributed by atoms with van der Waals surface area (Å²) in [6, 6.07) is 20.2. The summed E-state index contributed by atoms with van der Waals surface area (Å²) in [4.78, 5) is 26.5. The highest BCUT2D eigenvalue weighted by molar-refractivity contribution is 7.93. The van der Waals surface area contributed by atoms with Crippen LogP contribution in [-0.4, -0.2) is 24.2 Å². The quantitative estimate of drug-likeness (QED) is 0.293. The number of hydrogen-bond donors (Lipinski definition) is 1. The van der Waals surface area contributed by atoms with Gasteiger partial charge in [0.25, 0.3) is 11.6 Å².